The van der Waals surface area contributed by atoms with Crippen molar-refractivity contribution in [3.63, 3.8) is 0 Å². The fraction of sp³-hybridized carbons (Fsp3) is 0.529. The summed E-state index contributed by atoms with van der Waals surface area (Å²) >= 11 is 0. The second kappa shape index (κ2) is 9.92. The molecule has 2 nitrogen and oxygen atoms in total. The lowest BCUT2D eigenvalue weighted by atomic mass is 10.0. The van der Waals surface area contributed by atoms with Crippen LogP contribution in [0, 0.1) is 0 Å². The Morgan fingerprint density at radius 2 is 2.10 bits per heavy atom. The molecule has 0 aliphatic rings. The standard InChI is InChI=1S/C17H27O2Si/c1-5-14-20(15(3)18-4)19-13-9-12-17-11-8-7-10-16(17)6-2/h6-8,10-11,15H,2,5,9,12-14H2,1,3-4H3. The maximum Gasteiger partial charge on any atom is 0.241 e. The van der Waals surface area contributed by atoms with Crippen molar-refractivity contribution in [3.8, 4) is 0 Å². The Morgan fingerprint density at radius 3 is 2.75 bits per heavy atom. The van der Waals surface area contributed by atoms with Crippen molar-refractivity contribution in [3.05, 3.63) is 42.0 Å². The predicted molar refractivity (Wildman–Crippen MR) is 88.1 cm³/mol. The molecule has 20 heavy (non-hydrogen) atoms. The molecule has 1 aromatic rings. The van der Waals surface area contributed by atoms with Crippen LogP contribution in [-0.4, -0.2) is 28.5 Å². The molecule has 3 heteroatoms. The first-order valence-electron chi connectivity index (χ1n) is 7.44. The Balaban J connectivity index is 2.38. The first kappa shape index (κ1) is 17.1. The quantitative estimate of drug-likeness (QED) is 0.474. The zero-order valence-electron chi connectivity index (χ0n) is 13.0. The Hall–Kier alpha value is -0.903. The van der Waals surface area contributed by atoms with E-state index in [1.54, 1.807) is 7.11 Å². The van der Waals surface area contributed by atoms with E-state index in [9.17, 15) is 0 Å². The molecule has 0 N–H and O–H groups in total. The van der Waals surface area contributed by atoms with Crippen molar-refractivity contribution in [2.75, 3.05) is 13.7 Å². The molecule has 1 atom stereocenters. The van der Waals surface area contributed by atoms with E-state index in [1.165, 1.54) is 17.5 Å². The van der Waals surface area contributed by atoms with E-state index in [-0.39, 0.29) is 5.73 Å². The monoisotopic (exact) mass is 291 g/mol. The van der Waals surface area contributed by atoms with E-state index in [0.29, 0.717) is 0 Å². The van der Waals surface area contributed by atoms with Gasteiger partial charge in [-0.15, -0.1) is 0 Å². The molecular formula is C17H27O2Si. The van der Waals surface area contributed by atoms with Crippen LogP contribution in [0.4, 0.5) is 0 Å². The van der Waals surface area contributed by atoms with Gasteiger partial charge < -0.3 is 9.16 Å². The van der Waals surface area contributed by atoms with Gasteiger partial charge in [-0.3, -0.25) is 0 Å². The molecule has 1 unspecified atom stereocenters. The van der Waals surface area contributed by atoms with Gasteiger partial charge >= 0.3 is 0 Å². The first-order valence-corrected chi connectivity index (χ1v) is 9.13. The molecule has 1 rings (SSSR count). The summed E-state index contributed by atoms with van der Waals surface area (Å²) in [5, 5.41) is 0. The summed E-state index contributed by atoms with van der Waals surface area (Å²) in [5.41, 5.74) is 2.85. The summed E-state index contributed by atoms with van der Waals surface area (Å²) in [4.78, 5) is 0. The lowest BCUT2D eigenvalue weighted by Crippen LogP contribution is -2.33. The van der Waals surface area contributed by atoms with Gasteiger partial charge in [-0.25, -0.2) is 0 Å². The summed E-state index contributed by atoms with van der Waals surface area (Å²) in [6.45, 7) is 9.02. The Labute approximate surface area is 125 Å². The van der Waals surface area contributed by atoms with Crippen LogP contribution < -0.4 is 0 Å². The molecule has 0 aliphatic carbocycles. The van der Waals surface area contributed by atoms with Crippen LogP contribution >= 0.6 is 0 Å². The third-order valence-corrected chi connectivity index (χ3v) is 6.17. The minimum atomic E-state index is -0.836. The zero-order chi connectivity index (χ0) is 14.8. The van der Waals surface area contributed by atoms with Gasteiger partial charge in [-0.05, 0) is 36.9 Å². The van der Waals surface area contributed by atoms with E-state index in [1.807, 2.05) is 6.08 Å². The second-order valence-corrected chi connectivity index (χ2v) is 7.48. The van der Waals surface area contributed by atoms with Crippen molar-refractivity contribution >= 4 is 15.1 Å². The van der Waals surface area contributed by atoms with Crippen molar-refractivity contribution < 1.29 is 9.16 Å². The third kappa shape index (κ3) is 5.61. The van der Waals surface area contributed by atoms with Gasteiger partial charge in [0.15, 0.2) is 0 Å². The maximum atomic E-state index is 6.08. The minimum Gasteiger partial charge on any atom is -0.414 e. The zero-order valence-corrected chi connectivity index (χ0v) is 14.0. The van der Waals surface area contributed by atoms with E-state index in [0.717, 1.165) is 25.5 Å². The van der Waals surface area contributed by atoms with E-state index >= 15 is 0 Å². The van der Waals surface area contributed by atoms with Gasteiger partial charge in [0, 0.05) is 13.7 Å². The molecule has 0 bridgehead atoms. The van der Waals surface area contributed by atoms with Crippen molar-refractivity contribution in [2.45, 2.75) is 44.9 Å². The van der Waals surface area contributed by atoms with Gasteiger partial charge in [0.2, 0.25) is 9.04 Å². The Morgan fingerprint density at radius 1 is 1.35 bits per heavy atom. The van der Waals surface area contributed by atoms with E-state index in [4.69, 9.17) is 9.16 Å². The summed E-state index contributed by atoms with van der Waals surface area (Å²) < 4.78 is 11.5. The highest BCUT2D eigenvalue weighted by Crippen LogP contribution is 2.13. The summed E-state index contributed by atoms with van der Waals surface area (Å²) in [7, 11) is 0.937. The van der Waals surface area contributed by atoms with Crippen molar-refractivity contribution in [1.29, 1.82) is 0 Å². The smallest absolute Gasteiger partial charge is 0.241 e. The summed E-state index contributed by atoms with van der Waals surface area (Å²) in [6.07, 6.45) is 5.20. The largest absolute Gasteiger partial charge is 0.414 e. The SMILES string of the molecule is C=Cc1ccccc1CCCO[Si](CCC)C(C)OC. The summed E-state index contributed by atoms with van der Waals surface area (Å²) in [5.74, 6) is 0. The molecule has 0 saturated heterocycles. The molecule has 1 radical (unpaired) electrons. The maximum absolute atomic E-state index is 6.08. The number of hydrogen-bond acceptors (Lipinski definition) is 2. The molecule has 1 aromatic carbocycles. The van der Waals surface area contributed by atoms with Gasteiger partial charge in [-0.2, -0.15) is 0 Å². The molecule has 0 fully saturated rings. The molecule has 0 aliphatic heterocycles. The minimum absolute atomic E-state index is 0.264. The number of rotatable bonds is 10. The normalized spacial score (nSPS) is 12.6. The molecule has 0 spiro atoms. The van der Waals surface area contributed by atoms with Gasteiger partial charge in [0.1, 0.15) is 0 Å². The average Bonchev–Trinajstić information content (AvgIpc) is 2.49. The fourth-order valence-corrected chi connectivity index (χ4v) is 4.15. The van der Waals surface area contributed by atoms with Crippen molar-refractivity contribution in [2.24, 2.45) is 0 Å². The highest BCUT2D eigenvalue weighted by molar-refractivity contribution is 6.53. The fourth-order valence-electron chi connectivity index (χ4n) is 2.20. The molecule has 0 aromatic heterocycles. The number of methoxy groups -OCH3 is 1. The Bertz CT molecular complexity index is 392. The van der Waals surface area contributed by atoms with Crippen LogP contribution in [0.15, 0.2) is 30.8 Å². The first-order chi connectivity index (χ1) is 9.72. The van der Waals surface area contributed by atoms with Gasteiger partial charge in [-0.1, -0.05) is 50.3 Å². The lowest BCUT2D eigenvalue weighted by molar-refractivity contribution is 0.150. The number of ether oxygens (including phenoxy) is 1. The van der Waals surface area contributed by atoms with Crippen LogP contribution in [0.1, 0.15) is 37.8 Å². The highest BCUT2D eigenvalue weighted by Gasteiger charge is 2.20. The van der Waals surface area contributed by atoms with Crippen LogP contribution in [0.25, 0.3) is 6.08 Å². The third-order valence-electron chi connectivity index (χ3n) is 3.46. The van der Waals surface area contributed by atoms with Gasteiger partial charge in [0.05, 0.1) is 5.73 Å². The molecular weight excluding hydrogens is 264 g/mol. The van der Waals surface area contributed by atoms with Crippen LogP contribution in [0.3, 0.4) is 0 Å². The number of aryl methyl sites for hydroxylation is 1. The van der Waals surface area contributed by atoms with Crippen LogP contribution in [-0.2, 0) is 15.6 Å². The van der Waals surface area contributed by atoms with Crippen LogP contribution in [0.2, 0.25) is 6.04 Å². The summed E-state index contributed by atoms with van der Waals surface area (Å²) in [6, 6.07) is 9.58. The van der Waals surface area contributed by atoms with Gasteiger partial charge in [0.25, 0.3) is 0 Å². The second-order valence-electron chi connectivity index (χ2n) is 4.95. The van der Waals surface area contributed by atoms with Crippen molar-refractivity contribution in [1.82, 2.24) is 0 Å². The van der Waals surface area contributed by atoms with E-state index < -0.39 is 9.04 Å². The number of hydrogen-bond donors (Lipinski definition) is 0. The molecule has 0 amide bonds. The topological polar surface area (TPSA) is 18.5 Å². The lowest BCUT2D eigenvalue weighted by Gasteiger charge is -2.20. The highest BCUT2D eigenvalue weighted by atomic mass is 28.3. The van der Waals surface area contributed by atoms with E-state index in [2.05, 4.69) is 44.7 Å². The predicted octanol–water partition coefficient (Wildman–Crippen LogP) is 4.25. The number of benzene rings is 1. The molecule has 0 heterocycles. The Kier molecular flexibility index (Phi) is 8.50. The molecule has 0 saturated carbocycles. The average molecular weight is 291 g/mol. The van der Waals surface area contributed by atoms with Crippen LogP contribution in [0.5, 0.6) is 0 Å². The molecule has 111 valence electrons.